The Morgan fingerprint density at radius 1 is 1.22 bits per heavy atom. The maximum absolute atomic E-state index is 5.98. The molecule has 1 rings (SSSR count). The first-order valence-electron chi connectivity index (χ1n) is 6.75. The van der Waals surface area contributed by atoms with Crippen LogP contribution in [0.25, 0.3) is 0 Å². The van der Waals surface area contributed by atoms with E-state index in [1.54, 1.807) is 0 Å². The number of halogens is 1. The third-order valence-corrected chi connectivity index (χ3v) is 3.27. The molecule has 0 bridgehead atoms. The first kappa shape index (κ1) is 15.5. The molecule has 0 aromatic heterocycles. The summed E-state index contributed by atoms with van der Waals surface area (Å²) in [5.41, 5.74) is 7.20. The van der Waals surface area contributed by atoms with Crippen LogP contribution in [0.2, 0.25) is 5.02 Å². The molecule has 2 nitrogen and oxygen atoms in total. The summed E-state index contributed by atoms with van der Waals surface area (Å²) in [5.74, 6) is 0. The van der Waals surface area contributed by atoms with Crippen LogP contribution < -0.4 is 5.73 Å². The zero-order valence-electron chi connectivity index (χ0n) is 11.4. The van der Waals surface area contributed by atoms with Crippen molar-refractivity contribution in [3.63, 3.8) is 0 Å². The van der Waals surface area contributed by atoms with Gasteiger partial charge >= 0.3 is 0 Å². The lowest BCUT2D eigenvalue weighted by atomic mass is 10.0. The largest absolute Gasteiger partial charge is 0.376 e. The van der Waals surface area contributed by atoms with Crippen LogP contribution in [0.4, 0.5) is 0 Å². The first-order valence-corrected chi connectivity index (χ1v) is 7.13. The highest BCUT2D eigenvalue weighted by Crippen LogP contribution is 2.13. The Morgan fingerprint density at radius 2 is 1.89 bits per heavy atom. The second kappa shape index (κ2) is 8.52. The Hall–Kier alpha value is -0.570. The maximum Gasteiger partial charge on any atom is 0.0763 e. The van der Waals surface area contributed by atoms with Crippen LogP contribution in [0, 0.1) is 0 Å². The molecule has 0 heterocycles. The van der Waals surface area contributed by atoms with Gasteiger partial charge in [0.15, 0.2) is 0 Å². The summed E-state index contributed by atoms with van der Waals surface area (Å²) in [6, 6.07) is 7.93. The Labute approximate surface area is 115 Å². The van der Waals surface area contributed by atoms with E-state index in [0.717, 1.165) is 24.5 Å². The third kappa shape index (κ3) is 5.85. The lowest BCUT2D eigenvalue weighted by Crippen LogP contribution is -2.36. The smallest absolute Gasteiger partial charge is 0.0763 e. The minimum Gasteiger partial charge on any atom is -0.376 e. The average Bonchev–Trinajstić information content (AvgIpc) is 2.35. The maximum atomic E-state index is 5.98. The van der Waals surface area contributed by atoms with E-state index in [9.17, 15) is 0 Å². The molecule has 3 heteroatoms. The monoisotopic (exact) mass is 269 g/mol. The number of hydrogen-bond donors (Lipinski definition) is 1. The molecule has 18 heavy (non-hydrogen) atoms. The summed E-state index contributed by atoms with van der Waals surface area (Å²) < 4.78 is 5.88. The molecule has 1 aromatic rings. The van der Waals surface area contributed by atoms with Crippen molar-refractivity contribution in [3.8, 4) is 0 Å². The highest BCUT2D eigenvalue weighted by atomic mass is 35.5. The van der Waals surface area contributed by atoms with Crippen molar-refractivity contribution in [1.29, 1.82) is 0 Å². The fraction of sp³-hybridized carbons (Fsp3) is 0.600. The van der Waals surface area contributed by atoms with Gasteiger partial charge in [-0.15, -0.1) is 0 Å². The average molecular weight is 270 g/mol. The highest BCUT2D eigenvalue weighted by Gasteiger charge is 2.14. The Morgan fingerprint density at radius 3 is 2.44 bits per heavy atom. The SMILES string of the molecule is CCCCCOC(Cc1ccc(Cl)cc1)C(C)N. The van der Waals surface area contributed by atoms with Crippen LogP contribution in [0.15, 0.2) is 24.3 Å². The summed E-state index contributed by atoms with van der Waals surface area (Å²) in [7, 11) is 0. The van der Waals surface area contributed by atoms with Crippen molar-refractivity contribution < 1.29 is 4.74 Å². The summed E-state index contributed by atoms with van der Waals surface area (Å²) in [6.45, 7) is 4.99. The van der Waals surface area contributed by atoms with Crippen LogP contribution in [0.1, 0.15) is 38.7 Å². The summed E-state index contributed by atoms with van der Waals surface area (Å²) in [6.07, 6.45) is 4.47. The lowest BCUT2D eigenvalue weighted by Gasteiger charge is -2.21. The zero-order valence-corrected chi connectivity index (χ0v) is 12.1. The molecule has 0 aliphatic heterocycles. The van der Waals surface area contributed by atoms with Gasteiger partial charge in [-0.2, -0.15) is 0 Å². The van der Waals surface area contributed by atoms with E-state index < -0.39 is 0 Å². The van der Waals surface area contributed by atoms with Crippen LogP contribution >= 0.6 is 11.6 Å². The molecule has 0 saturated carbocycles. The number of ether oxygens (including phenoxy) is 1. The topological polar surface area (TPSA) is 35.2 Å². The molecule has 0 aliphatic carbocycles. The minimum atomic E-state index is 0.0438. The van der Waals surface area contributed by atoms with Gasteiger partial charge in [0.05, 0.1) is 6.10 Å². The van der Waals surface area contributed by atoms with Gasteiger partial charge in [0, 0.05) is 24.1 Å². The molecule has 0 radical (unpaired) electrons. The standard InChI is InChI=1S/C15H24ClNO/c1-3-4-5-10-18-15(12(2)17)11-13-6-8-14(16)9-7-13/h6-9,12,15H,3-5,10-11,17H2,1-2H3. The van der Waals surface area contributed by atoms with Crippen molar-refractivity contribution in [3.05, 3.63) is 34.9 Å². The Bertz CT molecular complexity index is 324. The number of hydrogen-bond acceptors (Lipinski definition) is 2. The molecule has 2 N–H and O–H groups in total. The Kier molecular flexibility index (Phi) is 7.33. The number of rotatable bonds is 8. The van der Waals surface area contributed by atoms with Gasteiger partial charge in [-0.3, -0.25) is 0 Å². The van der Waals surface area contributed by atoms with Crippen LogP contribution in [0.3, 0.4) is 0 Å². The van der Waals surface area contributed by atoms with Crippen molar-refractivity contribution in [1.82, 2.24) is 0 Å². The minimum absolute atomic E-state index is 0.0438. The normalized spacial score (nSPS) is 14.4. The summed E-state index contributed by atoms with van der Waals surface area (Å²) in [4.78, 5) is 0. The molecule has 0 spiro atoms. The van der Waals surface area contributed by atoms with E-state index >= 15 is 0 Å². The second-order valence-corrected chi connectivity index (χ2v) is 5.24. The van der Waals surface area contributed by atoms with Gasteiger partial charge in [-0.1, -0.05) is 43.5 Å². The summed E-state index contributed by atoms with van der Waals surface area (Å²) >= 11 is 5.87. The molecule has 1 aromatic carbocycles. The zero-order chi connectivity index (χ0) is 13.4. The van der Waals surface area contributed by atoms with Crippen LogP contribution in [-0.2, 0) is 11.2 Å². The molecule has 102 valence electrons. The van der Waals surface area contributed by atoms with Gasteiger partial charge in [-0.25, -0.2) is 0 Å². The van der Waals surface area contributed by atoms with E-state index in [2.05, 4.69) is 6.92 Å². The quantitative estimate of drug-likeness (QED) is 0.729. The van der Waals surface area contributed by atoms with Gasteiger partial charge < -0.3 is 10.5 Å². The first-order chi connectivity index (χ1) is 8.63. The van der Waals surface area contributed by atoms with Crippen molar-refractivity contribution in [2.24, 2.45) is 5.73 Å². The number of benzene rings is 1. The molecular weight excluding hydrogens is 246 g/mol. The van der Waals surface area contributed by atoms with E-state index in [4.69, 9.17) is 22.1 Å². The molecule has 2 atom stereocenters. The summed E-state index contributed by atoms with van der Waals surface area (Å²) in [5, 5.41) is 0.764. The van der Waals surface area contributed by atoms with Crippen LogP contribution in [0.5, 0.6) is 0 Å². The predicted molar refractivity (Wildman–Crippen MR) is 78.1 cm³/mol. The van der Waals surface area contributed by atoms with Gasteiger partial charge in [0.25, 0.3) is 0 Å². The molecular formula is C15H24ClNO. The molecule has 2 unspecified atom stereocenters. The fourth-order valence-electron chi connectivity index (χ4n) is 1.84. The molecule has 0 saturated heterocycles. The molecule has 0 amide bonds. The molecule has 0 fully saturated rings. The van der Waals surface area contributed by atoms with Crippen LogP contribution in [-0.4, -0.2) is 18.8 Å². The van der Waals surface area contributed by atoms with Crippen molar-refractivity contribution >= 4 is 11.6 Å². The van der Waals surface area contributed by atoms with E-state index in [-0.39, 0.29) is 12.1 Å². The fourth-order valence-corrected chi connectivity index (χ4v) is 1.96. The number of unbranched alkanes of at least 4 members (excludes halogenated alkanes) is 2. The predicted octanol–water partition coefficient (Wildman–Crippen LogP) is 3.81. The number of nitrogens with two attached hydrogens (primary N) is 1. The van der Waals surface area contributed by atoms with Gasteiger partial charge in [0.2, 0.25) is 0 Å². The lowest BCUT2D eigenvalue weighted by molar-refractivity contribution is 0.0374. The third-order valence-electron chi connectivity index (χ3n) is 3.02. The Balaban J connectivity index is 2.44. The van der Waals surface area contributed by atoms with E-state index in [1.165, 1.54) is 18.4 Å². The highest BCUT2D eigenvalue weighted by molar-refractivity contribution is 6.30. The van der Waals surface area contributed by atoms with E-state index in [0.29, 0.717) is 0 Å². The van der Waals surface area contributed by atoms with Crippen molar-refractivity contribution in [2.45, 2.75) is 51.7 Å². The van der Waals surface area contributed by atoms with Crippen molar-refractivity contribution in [2.75, 3.05) is 6.61 Å². The molecule has 0 aliphatic rings. The van der Waals surface area contributed by atoms with Gasteiger partial charge in [-0.05, 0) is 31.0 Å². The second-order valence-electron chi connectivity index (χ2n) is 4.81. The van der Waals surface area contributed by atoms with E-state index in [1.807, 2.05) is 31.2 Å². The van der Waals surface area contributed by atoms with Gasteiger partial charge in [0.1, 0.15) is 0 Å².